The van der Waals surface area contributed by atoms with Crippen molar-refractivity contribution in [2.24, 2.45) is 0 Å². The van der Waals surface area contributed by atoms with Gasteiger partial charge in [0.05, 0.1) is 25.2 Å². The zero-order valence-electron chi connectivity index (χ0n) is 23.3. The van der Waals surface area contributed by atoms with Crippen molar-refractivity contribution < 1.29 is 23.9 Å². The minimum absolute atomic E-state index is 0.0579. The lowest BCUT2D eigenvalue weighted by atomic mass is 10.1. The Bertz CT molecular complexity index is 1570. The van der Waals surface area contributed by atoms with Gasteiger partial charge >= 0.3 is 0 Å². The standard InChI is InChI=1S/C33H31N3O5S/c1-3-41-30-18-8-7-17-28(30)35-31(37)22-42-27-16-10-14-25(21-27)34-33(39)29(20-23-11-9-15-26(19-23)40-2)36-32(38)24-12-5-4-6-13-24/h4-21H,3,22H2,1-2H3,(H,34,39)(H,35,37)(H,36,38)/b29-20-. The van der Waals surface area contributed by atoms with Crippen LogP contribution in [0.3, 0.4) is 0 Å². The van der Waals surface area contributed by atoms with E-state index in [0.717, 1.165) is 4.90 Å². The third kappa shape index (κ3) is 8.74. The van der Waals surface area contributed by atoms with Crippen molar-refractivity contribution in [2.45, 2.75) is 11.8 Å². The minimum Gasteiger partial charge on any atom is -0.497 e. The van der Waals surface area contributed by atoms with Crippen LogP contribution in [0.25, 0.3) is 6.08 Å². The van der Waals surface area contributed by atoms with E-state index in [1.165, 1.54) is 11.8 Å². The molecule has 3 N–H and O–H groups in total. The normalized spacial score (nSPS) is 10.9. The van der Waals surface area contributed by atoms with Crippen LogP contribution in [0, 0.1) is 0 Å². The first-order valence-corrected chi connectivity index (χ1v) is 14.2. The number of methoxy groups -OCH3 is 1. The van der Waals surface area contributed by atoms with E-state index >= 15 is 0 Å². The number of anilines is 2. The monoisotopic (exact) mass is 581 g/mol. The summed E-state index contributed by atoms with van der Waals surface area (Å²) < 4.78 is 10.9. The summed E-state index contributed by atoms with van der Waals surface area (Å²) in [4.78, 5) is 39.7. The minimum atomic E-state index is -0.505. The summed E-state index contributed by atoms with van der Waals surface area (Å²) >= 11 is 1.33. The molecule has 0 aromatic heterocycles. The summed E-state index contributed by atoms with van der Waals surface area (Å²) in [5.74, 6) is 0.282. The predicted molar refractivity (Wildman–Crippen MR) is 167 cm³/mol. The molecule has 0 aliphatic carbocycles. The number of ether oxygens (including phenoxy) is 2. The molecule has 0 spiro atoms. The molecule has 0 unspecified atom stereocenters. The molecule has 0 heterocycles. The summed E-state index contributed by atoms with van der Waals surface area (Å²) in [6.07, 6.45) is 1.59. The zero-order chi connectivity index (χ0) is 29.7. The fourth-order valence-electron chi connectivity index (χ4n) is 3.89. The highest BCUT2D eigenvalue weighted by Crippen LogP contribution is 2.26. The first-order valence-electron chi connectivity index (χ1n) is 13.2. The molecular weight excluding hydrogens is 550 g/mol. The van der Waals surface area contributed by atoms with Crippen LogP contribution in [0.1, 0.15) is 22.8 Å². The lowest BCUT2D eigenvalue weighted by molar-refractivity contribution is -0.114. The summed E-state index contributed by atoms with van der Waals surface area (Å²) in [5.41, 5.74) is 2.27. The number of hydrogen-bond acceptors (Lipinski definition) is 6. The summed E-state index contributed by atoms with van der Waals surface area (Å²) in [5, 5.41) is 8.46. The second-order valence-electron chi connectivity index (χ2n) is 8.90. The van der Waals surface area contributed by atoms with Crippen LogP contribution in [-0.2, 0) is 9.59 Å². The number of para-hydroxylation sites is 2. The maximum atomic E-state index is 13.4. The highest BCUT2D eigenvalue weighted by molar-refractivity contribution is 8.00. The Morgan fingerprint density at radius 2 is 1.60 bits per heavy atom. The number of benzene rings is 4. The highest BCUT2D eigenvalue weighted by Gasteiger charge is 2.16. The number of carbonyl (C=O) groups is 3. The van der Waals surface area contributed by atoms with E-state index < -0.39 is 11.8 Å². The molecule has 0 aliphatic rings. The SMILES string of the molecule is CCOc1ccccc1NC(=O)CSc1cccc(NC(=O)/C(=C/c2cccc(OC)c2)NC(=O)c2ccccc2)c1. The van der Waals surface area contributed by atoms with Gasteiger partial charge in [0.1, 0.15) is 17.2 Å². The fourth-order valence-corrected chi connectivity index (χ4v) is 4.64. The third-order valence-electron chi connectivity index (χ3n) is 5.86. The maximum Gasteiger partial charge on any atom is 0.272 e. The Morgan fingerprint density at radius 1 is 0.833 bits per heavy atom. The van der Waals surface area contributed by atoms with Gasteiger partial charge in [-0.3, -0.25) is 14.4 Å². The summed E-state index contributed by atoms with van der Waals surface area (Å²) in [6, 6.07) is 30.2. The Morgan fingerprint density at radius 3 is 2.38 bits per heavy atom. The second kappa shape index (κ2) is 15.1. The van der Waals surface area contributed by atoms with Gasteiger partial charge in [0.15, 0.2) is 0 Å². The maximum absolute atomic E-state index is 13.4. The number of amides is 3. The molecule has 4 aromatic carbocycles. The second-order valence-corrected chi connectivity index (χ2v) is 9.95. The van der Waals surface area contributed by atoms with Gasteiger partial charge in [-0.05, 0) is 73.2 Å². The Hall–Kier alpha value is -5.02. The lowest BCUT2D eigenvalue weighted by Gasteiger charge is -2.13. The van der Waals surface area contributed by atoms with E-state index in [0.29, 0.717) is 40.6 Å². The van der Waals surface area contributed by atoms with Crippen molar-refractivity contribution in [1.29, 1.82) is 0 Å². The molecule has 0 radical (unpaired) electrons. The molecule has 0 saturated carbocycles. The average Bonchev–Trinajstić information content (AvgIpc) is 3.01. The van der Waals surface area contributed by atoms with Crippen molar-refractivity contribution in [3.8, 4) is 11.5 Å². The van der Waals surface area contributed by atoms with Crippen LogP contribution in [0.2, 0.25) is 0 Å². The van der Waals surface area contributed by atoms with Crippen LogP contribution in [-0.4, -0.2) is 37.2 Å². The lowest BCUT2D eigenvalue weighted by Crippen LogP contribution is -2.30. The van der Waals surface area contributed by atoms with E-state index in [-0.39, 0.29) is 17.4 Å². The molecule has 4 aromatic rings. The van der Waals surface area contributed by atoms with Crippen molar-refractivity contribution >= 4 is 46.9 Å². The molecule has 3 amide bonds. The Balaban J connectivity index is 1.45. The van der Waals surface area contributed by atoms with Crippen LogP contribution in [0.15, 0.2) is 114 Å². The van der Waals surface area contributed by atoms with Crippen LogP contribution in [0.4, 0.5) is 11.4 Å². The molecule has 42 heavy (non-hydrogen) atoms. The molecule has 8 nitrogen and oxygen atoms in total. The number of carbonyl (C=O) groups excluding carboxylic acids is 3. The third-order valence-corrected chi connectivity index (χ3v) is 6.85. The molecular formula is C33H31N3O5S. The molecule has 0 aliphatic heterocycles. The van der Waals surface area contributed by atoms with Crippen molar-refractivity contribution in [3.63, 3.8) is 0 Å². The topological polar surface area (TPSA) is 106 Å². The van der Waals surface area contributed by atoms with E-state index in [9.17, 15) is 14.4 Å². The van der Waals surface area contributed by atoms with Gasteiger partial charge < -0.3 is 25.4 Å². The molecule has 0 bridgehead atoms. The van der Waals surface area contributed by atoms with Gasteiger partial charge in [0, 0.05) is 16.1 Å². The van der Waals surface area contributed by atoms with Crippen LogP contribution in [0.5, 0.6) is 11.5 Å². The van der Waals surface area contributed by atoms with Crippen LogP contribution < -0.4 is 25.4 Å². The Labute approximate surface area is 249 Å². The van der Waals surface area contributed by atoms with E-state index in [1.54, 1.807) is 92.0 Å². The van der Waals surface area contributed by atoms with Gasteiger partial charge in [-0.25, -0.2) is 0 Å². The van der Waals surface area contributed by atoms with E-state index in [2.05, 4.69) is 16.0 Å². The van der Waals surface area contributed by atoms with Gasteiger partial charge in [-0.15, -0.1) is 11.8 Å². The summed E-state index contributed by atoms with van der Waals surface area (Å²) in [6.45, 7) is 2.38. The number of rotatable bonds is 12. The first-order chi connectivity index (χ1) is 20.4. The number of thioether (sulfide) groups is 1. The number of nitrogens with one attached hydrogen (secondary N) is 3. The van der Waals surface area contributed by atoms with Crippen molar-refractivity contribution in [2.75, 3.05) is 30.1 Å². The smallest absolute Gasteiger partial charge is 0.272 e. The zero-order valence-corrected chi connectivity index (χ0v) is 24.1. The molecule has 214 valence electrons. The average molecular weight is 582 g/mol. The van der Waals surface area contributed by atoms with E-state index in [4.69, 9.17) is 9.47 Å². The highest BCUT2D eigenvalue weighted by atomic mass is 32.2. The number of hydrogen-bond donors (Lipinski definition) is 3. The summed E-state index contributed by atoms with van der Waals surface area (Å²) in [7, 11) is 1.56. The van der Waals surface area contributed by atoms with Gasteiger partial charge in [-0.1, -0.05) is 48.5 Å². The molecule has 0 saturated heterocycles. The predicted octanol–water partition coefficient (Wildman–Crippen LogP) is 6.23. The Kier molecular flexibility index (Phi) is 10.8. The molecule has 4 rings (SSSR count). The van der Waals surface area contributed by atoms with E-state index in [1.807, 2.05) is 31.2 Å². The fraction of sp³-hybridized carbons (Fsp3) is 0.121. The van der Waals surface area contributed by atoms with Gasteiger partial charge in [0.2, 0.25) is 5.91 Å². The van der Waals surface area contributed by atoms with Gasteiger partial charge in [-0.2, -0.15) is 0 Å². The van der Waals surface area contributed by atoms with Crippen molar-refractivity contribution in [1.82, 2.24) is 5.32 Å². The molecule has 0 atom stereocenters. The first kappa shape index (κ1) is 30.0. The largest absolute Gasteiger partial charge is 0.497 e. The van der Waals surface area contributed by atoms with Crippen molar-refractivity contribution in [3.05, 3.63) is 120 Å². The van der Waals surface area contributed by atoms with Crippen LogP contribution >= 0.6 is 11.8 Å². The molecule has 0 fully saturated rings. The quantitative estimate of drug-likeness (QED) is 0.135. The molecule has 9 heteroatoms. The van der Waals surface area contributed by atoms with Gasteiger partial charge in [0.25, 0.3) is 11.8 Å².